The number of amides is 1. The van der Waals surface area contributed by atoms with Gasteiger partial charge in [0.05, 0.1) is 18.7 Å². The maximum Gasteiger partial charge on any atom is 0.303 e. The Balaban J connectivity index is 2.06. The fourth-order valence-electron chi connectivity index (χ4n) is 3.30. The number of carboxylic acids is 1. The lowest BCUT2D eigenvalue weighted by molar-refractivity contribution is -0.140. The van der Waals surface area contributed by atoms with Crippen LogP contribution < -0.4 is 4.74 Å². The predicted octanol–water partition coefficient (Wildman–Crippen LogP) is 2.38. The van der Waals surface area contributed by atoms with E-state index in [-0.39, 0.29) is 30.7 Å². The number of hydrogen-bond donors (Lipinski definition) is 2. The maximum atomic E-state index is 12.8. The number of rotatable bonds is 7. The number of aliphatic hydroxyl groups excluding tert-OH is 1. The van der Waals surface area contributed by atoms with Gasteiger partial charge in [0.15, 0.2) is 0 Å². The van der Waals surface area contributed by atoms with E-state index in [0.29, 0.717) is 16.9 Å². The molecule has 1 atom stereocenters. The summed E-state index contributed by atoms with van der Waals surface area (Å²) < 4.78 is 5.10. The van der Waals surface area contributed by atoms with Gasteiger partial charge < -0.3 is 19.8 Å². The largest absolute Gasteiger partial charge is 0.507 e. The first-order chi connectivity index (χ1) is 13.9. The number of carbonyl (C=O) groups excluding carboxylic acids is 2. The molecule has 0 unspecified atom stereocenters. The van der Waals surface area contributed by atoms with Crippen LogP contribution >= 0.6 is 0 Å². The van der Waals surface area contributed by atoms with E-state index in [4.69, 9.17) is 9.84 Å². The molecule has 1 aliphatic heterocycles. The molecule has 2 heterocycles. The van der Waals surface area contributed by atoms with Gasteiger partial charge in [0.2, 0.25) is 0 Å². The number of likely N-dealkylation sites (tertiary alicyclic amines) is 1. The highest BCUT2D eigenvalue weighted by atomic mass is 16.5. The van der Waals surface area contributed by atoms with Gasteiger partial charge in [0.1, 0.15) is 11.5 Å². The number of hydrogen-bond acceptors (Lipinski definition) is 6. The Bertz CT molecular complexity index is 953. The molecule has 1 fully saturated rings. The van der Waals surface area contributed by atoms with Crippen molar-refractivity contribution in [1.82, 2.24) is 9.88 Å². The van der Waals surface area contributed by atoms with E-state index >= 15 is 0 Å². The molecular formula is C21H20N2O6. The summed E-state index contributed by atoms with van der Waals surface area (Å²) in [5.41, 5.74) is 0.865. The van der Waals surface area contributed by atoms with Crippen LogP contribution in [0, 0.1) is 0 Å². The zero-order valence-corrected chi connectivity index (χ0v) is 15.7. The first kappa shape index (κ1) is 20.1. The highest BCUT2D eigenvalue weighted by Crippen LogP contribution is 2.39. The number of ether oxygens (including phenoxy) is 1. The molecule has 1 aromatic heterocycles. The second-order valence-corrected chi connectivity index (χ2v) is 6.50. The summed E-state index contributed by atoms with van der Waals surface area (Å²) in [6.45, 7) is 0.0653. The average Bonchev–Trinajstić information content (AvgIpc) is 2.98. The van der Waals surface area contributed by atoms with E-state index < -0.39 is 23.7 Å². The van der Waals surface area contributed by atoms with E-state index in [9.17, 15) is 19.5 Å². The second-order valence-electron chi connectivity index (χ2n) is 6.50. The number of pyridine rings is 1. The molecule has 1 saturated heterocycles. The summed E-state index contributed by atoms with van der Waals surface area (Å²) in [5.74, 6) is -2.31. The van der Waals surface area contributed by atoms with Crippen LogP contribution in [0.2, 0.25) is 0 Å². The third-order valence-electron chi connectivity index (χ3n) is 4.69. The smallest absolute Gasteiger partial charge is 0.303 e. The molecule has 0 aliphatic carbocycles. The van der Waals surface area contributed by atoms with Crippen LogP contribution in [0.4, 0.5) is 0 Å². The van der Waals surface area contributed by atoms with E-state index in [0.717, 1.165) is 0 Å². The first-order valence-corrected chi connectivity index (χ1v) is 8.98. The Morgan fingerprint density at radius 1 is 1.17 bits per heavy atom. The molecule has 1 amide bonds. The van der Waals surface area contributed by atoms with E-state index in [2.05, 4.69) is 4.98 Å². The second kappa shape index (κ2) is 8.55. The topological polar surface area (TPSA) is 117 Å². The van der Waals surface area contributed by atoms with Crippen LogP contribution in [-0.2, 0) is 14.4 Å². The van der Waals surface area contributed by atoms with Gasteiger partial charge in [0.25, 0.3) is 11.7 Å². The molecule has 0 saturated carbocycles. The minimum atomic E-state index is -0.988. The summed E-state index contributed by atoms with van der Waals surface area (Å²) in [6.07, 6.45) is 3.12. The third kappa shape index (κ3) is 4.11. The number of ketones is 1. The number of aliphatic carboxylic acids is 1. The Hall–Kier alpha value is -3.68. The summed E-state index contributed by atoms with van der Waals surface area (Å²) in [6, 6.07) is 8.97. The average molecular weight is 396 g/mol. The lowest BCUT2D eigenvalue weighted by Gasteiger charge is -2.24. The van der Waals surface area contributed by atoms with Crippen molar-refractivity contribution >= 4 is 23.4 Å². The van der Waals surface area contributed by atoms with E-state index in [1.54, 1.807) is 42.6 Å². The van der Waals surface area contributed by atoms with Gasteiger partial charge in [-0.15, -0.1) is 0 Å². The number of Topliss-reactive ketones (excluding diaryl/α,β-unsaturated/α-hetero) is 1. The zero-order valence-electron chi connectivity index (χ0n) is 15.7. The number of benzene rings is 1. The van der Waals surface area contributed by atoms with Crippen LogP contribution in [0.5, 0.6) is 5.75 Å². The van der Waals surface area contributed by atoms with Crippen LogP contribution in [0.1, 0.15) is 30.0 Å². The normalized spacial score (nSPS) is 18.1. The van der Waals surface area contributed by atoms with E-state index in [1.807, 2.05) is 0 Å². The molecule has 0 bridgehead atoms. The van der Waals surface area contributed by atoms with Gasteiger partial charge in [-0.1, -0.05) is 6.07 Å². The number of aromatic nitrogens is 1. The highest BCUT2D eigenvalue weighted by molar-refractivity contribution is 6.46. The van der Waals surface area contributed by atoms with Crippen LogP contribution in [-0.4, -0.2) is 51.4 Å². The fraction of sp³-hybridized carbons (Fsp3) is 0.238. The number of nitrogens with zero attached hydrogens (tertiary/aromatic N) is 2. The van der Waals surface area contributed by atoms with Crippen molar-refractivity contribution in [3.8, 4) is 5.75 Å². The summed E-state index contributed by atoms with van der Waals surface area (Å²) >= 11 is 0. The molecule has 1 aliphatic rings. The van der Waals surface area contributed by atoms with E-state index in [1.165, 1.54) is 18.2 Å². The lowest BCUT2D eigenvalue weighted by Crippen LogP contribution is -2.31. The number of carbonyl (C=O) groups is 3. The highest BCUT2D eigenvalue weighted by Gasteiger charge is 2.45. The van der Waals surface area contributed by atoms with Crippen molar-refractivity contribution < 1.29 is 29.3 Å². The van der Waals surface area contributed by atoms with Gasteiger partial charge in [-0.05, 0) is 42.3 Å². The molecule has 1 aromatic carbocycles. The summed E-state index contributed by atoms with van der Waals surface area (Å²) in [4.78, 5) is 41.6. The molecule has 150 valence electrons. The Morgan fingerprint density at radius 2 is 1.90 bits per heavy atom. The summed E-state index contributed by atoms with van der Waals surface area (Å²) in [5, 5.41) is 19.7. The Kier molecular flexibility index (Phi) is 5.92. The Morgan fingerprint density at radius 3 is 2.48 bits per heavy atom. The van der Waals surface area contributed by atoms with Crippen LogP contribution in [0.3, 0.4) is 0 Å². The molecule has 3 rings (SSSR count). The molecule has 29 heavy (non-hydrogen) atoms. The Labute approximate surface area is 167 Å². The van der Waals surface area contributed by atoms with Gasteiger partial charge in [-0.25, -0.2) is 0 Å². The maximum absolute atomic E-state index is 12.8. The standard InChI is InChI=1S/C21H20N2O6/c1-29-15-8-6-13(7-9-15)19(26)17-18(14-4-2-10-22-12-14)23(21(28)20(17)27)11-3-5-16(24)25/h2,4,6-10,12,18,26H,3,5,11H2,1H3,(H,24,25)/t18-/m1/s1. The van der Waals surface area contributed by atoms with Crippen molar-refractivity contribution in [2.24, 2.45) is 0 Å². The molecule has 0 spiro atoms. The van der Waals surface area contributed by atoms with Gasteiger partial charge >= 0.3 is 5.97 Å². The fourth-order valence-corrected chi connectivity index (χ4v) is 3.30. The quantitative estimate of drug-likeness (QED) is 0.419. The molecule has 8 nitrogen and oxygen atoms in total. The minimum absolute atomic E-state index is 0.0523. The minimum Gasteiger partial charge on any atom is -0.507 e. The van der Waals surface area contributed by atoms with Crippen molar-refractivity contribution in [2.75, 3.05) is 13.7 Å². The van der Waals surface area contributed by atoms with Gasteiger partial charge in [-0.3, -0.25) is 19.4 Å². The van der Waals surface area contributed by atoms with Crippen molar-refractivity contribution in [1.29, 1.82) is 0 Å². The SMILES string of the molecule is COc1ccc(C(O)=C2C(=O)C(=O)N(CCCC(=O)O)[C@@H]2c2cccnc2)cc1. The lowest BCUT2D eigenvalue weighted by atomic mass is 9.96. The van der Waals surface area contributed by atoms with Crippen LogP contribution in [0.15, 0.2) is 54.4 Å². The number of carboxylic acid groups (broad SMARTS) is 1. The zero-order chi connectivity index (χ0) is 21.0. The molecule has 8 heteroatoms. The van der Waals surface area contributed by atoms with Crippen molar-refractivity contribution in [3.05, 3.63) is 65.5 Å². The third-order valence-corrected chi connectivity index (χ3v) is 4.69. The molecule has 2 N–H and O–H groups in total. The van der Waals surface area contributed by atoms with Gasteiger partial charge in [-0.2, -0.15) is 0 Å². The summed E-state index contributed by atoms with van der Waals surface area (Å²) in [7, 11) is 1.51. The van der Waals surface area contributed by atoms with Crippen molar-refractivity contribution in [2.45, 2.75) is 18.9 Å². The predicted molar refractivity (Wildman–Crippen MR) is 103 cm³/mol. The van der Waals surface area contributed by atoms with Crippen LogP contribution in [0.25, 0.3) is 5.76 Å². The number of methoxy groups -OCH3 is 1. The monoisotopic (exact) mass is 396 g/mol. The number of aliphatic hydroxyl groups is 1. The molecule has 0 radical (unpaired) electrons. The molecule has 2 aromatic rings. The van der Waals surface area contributed by atoms with Crippen molar-refractivity contribution in [3.63, 3.8) is 0 Å². The van der Waals surface area contributed by atoms with Gasteiger partial charge in [0, 0.05) is 30.9 Å². The first-order valence-electron chi connectivity index (χ1n) is 8.98. The molecular weight excluding hydrogens is 376 g/mol.